The number of likely N-dealkylation sites (tertiary alicyclic amines) is 1. The number of alkyl halides is 6. The molecule has 1 saturated heterocycles. The molecule has 2 aromatic carbocycles. The molecule has 1 saturated carbocycles. The Hall–Kier alpha value is -6.50. The van der Waals surface area contributed by atoms with Crippen LogP contribution in [-0.2, 0) is 12.8 Å². The van der Waals surface area contributed by atoms with Crippen molar-refractivity contribution in [2.45, 2.75) is 65.7 Å². The van der Waals surface area contributed by atoms with E-state index in [0.717, 1.165) is 62.6 Å². The average Bonchev–Trinajstić information content (AvgIpc) is 3.91. The summed E-state index contributed by atoms with van der Waals surface area (Å²) in [4.78, 5) is 38.5. The maximum absolute atomic E-state index is 12.9. The van der Waals surface area contributed by atoms with Gasteiger partial charge >= 0.3 is 12.4 Å². The maximum Gasteiger partial charge on any atom is 0.406 e. The lowest BCUT2D eigenvalue weighted by molar-refractivity contribution is -0.141. The van der Waals surface area contributed by atoms with Gasteiger partial charge in [-0.15, -0.1) is 0 Å². The number of hydrogen-bond donors (Lipinski definition) is 0. The molecular formula is C51H57F6N7O6. The van der Waals surface area contributed by atoms with Gasteiger partial charge in [0.1, 0.15) is 47.4 Å². The first-order valence-electron chi connectivity index (χ1n) is 22.7. The van der Waals surface area contributed by atoms with E-state index in [1.807, 2.05) is 57.6 Å². The number of fused-ring (bicyclic) bond motifs is 4. The van der Waals surface area contributed by atoms with Crippen molar-refractivity contribution in [1.29, 1.82) is 0 Å². The molecule has 4 aromatic heterocycles. The molecule has 0 atom stereocenters. The molecule has 4 aliphatic rings. The minimum atomic E-state index is -4.45. The number of ether oxygens (including phenoxy) is 4. The van der Waals surface area contributed by atoms with E-state index in [9.17, 15) is 35.9 Å². The molecule has 2 fully saturated rings. The van der Waals surface area contributed by atoms with Crippen molar-refractivity contribution >= 4 is 23.1 Å². The van der Waals surface area contributed by atoms with Crippen molar-refractivity contribution in [3.8, 4) is 45.5 Å². The lowest BCUT2D eigenvalue weighted by atomic mass is 9.71. The van der Waals surface area contributed by atoms with Crippen LogP contribution in [0.4, 0.5) is 26.3 Å². The van der Waals surface area contributed by atoms with Crippen molar-refractivity contribution in [1.82, 2.24) is 33.5 Å². The predicted molar refractivity (Wildman–Crippen MR) is 251 cm³/mol. The summed E-state index contributed by atoms with van der Waals surface area (Å²) in [7, 11) is 4.91. The third-order valence-corrected chi connectivity index (χ3v) is 13.5. The average molecular weight is 978 g/mol. The first-order chi connectivity index (χ1) is 32.7. The number of pyridine rings is 2. The number of nitrogens with zero attached hydrogens (tertiary/aromatic N) is 7. The van der Waals surface area contributed by atoms with E-state index in [0.29, 0.717) is 42.8 Å². The van der Waals surface area contributed by atoms with Crippen molar-refractivity contribution in [3.05, 3.63) is 95.6 Å². The second-order valence-electron chi connectivity index (χ2n) is 19.3. The van der Waals surface area contributed by atoms with Gasteiger partial charge in [-0.25, -0.2) is 9.97 Å². The van der Waals surface area contributed by atoms with E-state index in [2.05, 4.69) is 35.8 Å². The zero-order valence-electron chi connectivity index (χ0n) is 39.0. The number of carbonyl (C=O) groups is 2. The van der Waals surface area contributed by atoms with Crippen molar-refractivity contribution < 1.29 is 54.9 Å². The van der Waals surface area contributed by atoms with Crippen LogP contribution in [0, 0.1) is 10.8 Å². The molecule has 7 heterocycles. The maximum atomic E-state index is 12.9. The van der Waals surface area contributed by atoms with Gasteiger partial charge in [0.25, 0.3) is 11.8 Å². The summed E-state index contributed by atoms with van der Waals surface area (Å²) in [6.45, 7) is 5.20. The number of benzene rings is 2. The van der Waals surface area contributed by atoms with Crippen molar-refractivity contribution in [2.24, 2.45) is 10.8 Å². The number of amides is 2. The molecule has 0 spiro atoms. The quantitative estimate of drug-likeness (QED) is 0.111. The van der Waals surface area contributed by atoms with Crippen LogP contribution < -0.4 is 18.9 Å². The first kappa shape index (κ1) is 49.9. The van der Waals surface area contributed by atoms with Crippen LogP contribution >= 0.6 is 0 Å². The molecule has 0 N–H and O–H groups in total. The molecule has 19 heteroatoms. The molecule has 1 aliphatic carbocycles. The Morgan fingerprint density at radius 1 is 0.643 bits per heavy atom. The normalized spacial score (nSPS) is 17.4. The minimum absolute atomic E-state index is 0. The topological polar surface area (TPSA) is 115 Å². The molecule has 10 rings (SSSR count). The molecule has 0 bridgehead atoms. The number of carbonyl (C=O) groups excluding carboxylic acids is 2. The first-order valence-corrected chi connectivity index (χ1v) is 22.7. The van der Waals surface area contributed by atoms with E-state index in [1.165, 1.54) is 33.5 Å². The number of imidazole rings is 2. The summed E-state index contributed by atoms with van der Waals surface area (Å²) in [5.41, 5.74) is 6.64. The van der Waals surface area contributed by atoms with E-state index in [1.54, 1.807) is 24.5 Å². The zero-order chi connectivity index (χ0) is 49.0. The highest BCUT2D eigenvalue weighted by Gasteiger charge is 2.40. The van der Waals surface area contributed by atoms with E-state index in [4.69, 9.17) is 18.9 Å². The molecule has 0 radical (unpaired) electrons. The lowest BCUT2D eigenvalue weighted by Crippen LogP contribution is -2.55. The molecule has 13 nitrogen and oxygen atoms in total. The minimum Gasteiger partial charge on any atom is -0.496 e. The third-order valence-electron chi connectivity index (χ3n) is 13.5. The van der Waals surface area contributed by atoms with Gasteiger partial charge in [0, 0.05) is 72.7 Å². The van der Waals surface area contributed by atoms with Crippen LogP contribution in [0.2, 0.25) is 0 Å². The van der Waals surface area contributed by atoms with E-state index >= 15 is 0 Å². The number of rotatable bonds is 12. The fourth-order valence-corrected chi connectivity index (χ4v) is 9.93. The second kappa shape index (κ2) is 19.0. The van der Waals surface area contributed by atoms with Gasteiger partial charge in [-0.1, -0.05) is 27.7 Å². The van der Waals surface area contributed by atoms with Gasteiger partial charge in [0.05, 0.1) is 62.3 Å². The van der Waals surface area contributed by atoms with Crippen molar-refractivity contribution in [2.75, 3.05) is 73.7 Å². The Kier molecular flexibility index (Phi) is 13.6. The smallest absolute Gasteiger partial charge is 0.406 e. The third kappa shape index (κ3) is 10.3. The van der Waals surface area contributed by atoms with Gasteiger partial charge in [-0.2, -0.15) is 26.3 Å². The van der Waals surface area contributed by atoms with Crippen LogP contribution in [0.25, 0.3) is 33.8 Å². The van der Waals surface area contributed by atoms with Crippen LogP contribution in [0.15, 0.2) is 73.3 Å². The van der Waals surface area contributed by atoms with Gasteiger partial charge in [0.15, 0.2) is 0 Å². The Labute approximate surface area is 401 Å². The van der Waals surface area contributed by atoms with Gasteiger partial charge in [-0.3, -0.25) is 18.4 Å². The molecule has 70 heavy (non-hydrogen) atoms. The lowest BCUT2D eigenvalue weighted by Gasteiger charge is -2.45. The van der Waals surface area contributed by atoms with Crippen LogP contribution in [-0.4, -0.2) is 131 Å². The summed E-state index contributed by atoms with van der Waals surface area (Å²) >= 11 is 0. The second-order valence-corrected chi connectivity index (χ2v) is 19.3. The predicted octanol–water partition coefficient (Wildman–Crippen LogP) is 9.68. The molecule has 0 unspecified atom stereocenters. The highest BCUT2D eigenvalue weighted by atomic mass is 19.4. The Morgan fingerprint density at radius 2 is 1.07 bits per heavy atom. The largest absolute Gasteiger partial charge is 0.496 e. The van der Waals surface area contributed by atoms with Crippen LogP contribution in [0.5, 0.6) is 23.0 Å². The molecule has 374 valence electrons. The summed E-state index contributed by atoms with van der Waals surface area (Å²) in [5.74, 6) is 0.677. The standard InChI is InChI=1S/C25H27F3N4O3.C25H26F3N3O3.CH4/c1-24(12-30(2)13-24)15-35-18-5-7-32-19(11-29-21(32)10-18)17-8-16-4-6-31(14-25(26,27)28)23(33)22(16)20(9-17)34-3;1-24(6-3-7-24)15-34-18-5-9-31-19(13-29-21(31)12-18)17-10-16-4-8-30(14-25(26,27)28)23(32)22(16)20(11-17)33-2;/h5,7-11H,4,6,12-15H2,1-3H3;5,9-13H,3-4,6-8,14-15H2,1-2H3;1H4. The van der Waals surface area contributed by atoms with E-state index in [-0.39, 0.29) is 54.0 Å². The Balaban J connectivity index is 0.000000186. The van der Waals surface area contributed by atoms with Crippen molar-refractivity contribution in [3.63, 3.8) is 0 Å². The fraction of sp³-hybridized carbons (Fsp3) is 0.451. The zero-order valence-corrected chi connectivity index (χ0v) is 39.0. The monoisotopic (exact) mass is 977 g/mol. The summed E-state index contributed by atoms with van der Waals surface area (Å²) in [6, 6.07) is 14.6. The Morgan fingerprint density at radius 3 is 1.44 bits per heavy atom. The molecule has 2 amide bonds. The summed E-state index contributed by atoms with van der Waals surface area (Å²) < 4.78 is 104. The number of aromatic nitrogens is 4. The number of halogens is 6. The highest BCUT2D eigenvalue weighted by Crippen LogP contribution is 2.41. The highest BCUT2D eigenvalue weighted by molar-refractivity contribution is 6.01. The summed E-state index contributed by atoms with van der Waals surface area (Å²) in [6.07, 6.45) is 2.55. The molecular weight excluding hydrogens is 921 g/mol. The van der Waals surface area contributed by atoms with Gasteiger partial charge in [0.2, 0.25) is 0 Å². The van der Waals surface area contributed by atoms with Crippen LogP contribution in [0.1, 0.15) is 72.4 Å². The number of hydrogen-bond acceptors (Lipinski definition) is 9. The van der Waals surface area contributed by atoms with E-state index < -0.39 is 37.3 Å². The van der Waals surface area contributed by atoms with Crippen LogP contribution in [0.3, 0.4) is 0 Å². The summed E-state index contributed by atoms with van der Waals surface area (Å²) in [5, 5.41) is 0. The Bertz CT molecular complexity index is 2890. The van der Waals surface area contributed by atoms with Gasteiger partial charge < -0.3 is 33.6 Å². The molecule has 6 aromatic rings. The SMILES string of the molecule is C.COc1cc(-c2cnc3cc(OCC4(C)CCC4)ccn23)cc2c1C(=O)N(CC(F)(F)F)CC2.COc1cc(-c2cnc3cc(OCC4(C)CN(C)C4)ccn23)cc2c1C(=O)N(CC(F)(F)F)CC2. The molecule has 3 aliphatic heterocycles. The number of methoxy groups -OCH3 is 2. The van der Waals surface area contributed by atoms with Gasteiger partial charge in [-0.05, 0) is 80.3 Å². The fourth-order valence-electron chi connectivity index (χ4n) is 9.93.